The minimum absolute atomic E-state index is 0.0367. The average Bonchev–Trinajstić information content (AvgIpc) is 2.92. The van der Waals surface area contributed by atoms with Gasteiger partial charge in [-0.3, -0.25) is 0 Å². The van der Waals surface area contributed by atoms with Crippen molar-refractivity contribution in [1.82, 2.24) is 4.72 Å². The number of nitrogen functional groups attached to an aromatic ring is 1. The molecule has 5 nitrogen and oxygen atoms in total. The summed E-state index contributed by atoms with van der Waals surface area (Å²) >= 11 is 0. The fourth-order valence-corrected chi connectivity index (χ4v) is 2.86. The van der Waals surface area contributed by atoms with E-state index in [9.17, 15) is 8.42 Å². The number of anilines is 1. The molecular weight excluding hydrogens is 252 g/mol. The topological polar surface area (TPSA) is 81.4 Å². The van der Waals surface area contributed by atoms with Crippen LogP contribution >= 0.6 is 0 Å². The van der Waals surface area contributed by atoms with Gasteiger partial charge in [-0.1, -0.05) is 13.0 Å². The predicted molar refractivity (Wildman–Crippen MR) is 70.8 cm³/mol. The van der Waals surface area contributed by atoms with Gasteiger partial charge in [-0.2, -0.15) is 0 Å². The van der Waals surface area contributed by atoms with Gasteiger partial charge in [0.05, 0.1) is 5.75 Å². The maximum Gasteiger partial charge on any atom is 0.215 e. The van der Waals surface area contributed by atoms with Crippen LogP contribution in [0.4, 0.5) is 5.69 Å². The normalized spacial score (nSPS) is 22.7. The van der Waals surface area contributed by atoms with Crippen molar-refractivity contribution in [1.29, 1.82) is 0 Å². The van der Waals surface area contributed by atoms with Gasteiger partial charge in [0.1, 0.15) is 12.4 Å². The molecule has 3 N–H and O–H groups in total. The highest BCUT2D eigenvalue weighted by Crippen LogP contribution is 2.29. The SMILES string of the molecule is CC1CC1NS(=O)(=O)CCOc1cccc(N)c1. The molecule has 1 aromatic carbocycles. The lowest BCUT2D eigenvalue weighted by Crippen LogP contribution is -2.31. The van der Waals surface area contributed by atoms with E-state index in [2.05, 4.69) is 4.72 Å². The van der Waals surface area contributed by atoms with Crippen LogP contribution in [0.2, 0.25) is 0 Å². The summed E-state index contributed by atoms with van der Waals surface area (Å²) in [6, 6.07) is 7.05. The Morgan fingerprint density at radius 1 is 1.50 bits per heavy atom. The Bertz CT molecular complexity index is 516. The van der Waals surface area contributed by atoms with E-state index in [0.717, 1.165) is 6.42 Å². The number of nitrogens with one attached hydrogen (secondary N) is 1. The van der Waals surface area contributed by atoms with Crippen molar-refractivity contribution in [3.05, 3.63) is 24.3 Å². The molecule has 0 spiro atoms. The first-order valence-corrected chi connectivity index (χ1v) is 7.60. The quantitative estimate of drug-likeness (QED) is 0.755. The fraction of sp³-hybridized carbons (Fsp3) is 0.500. The molecule has 2 unspecified atom stereocenters. The molecule has 0 amide bonds. The Labute approximate surface area is 107 Å². The number of rotatable bonds is 6. The Hall–Kier alpha value is -1.27. The van der Waals surface area contributed by atoms with Gasteiger partial charge in [0, 0.05) is 17.8 Å². The Balaban J connectivity index is 1.77. The monoisotopic (exact) mass is 270 g/mol. The van der Waals surface area contributed by atoms with Crippen LogP contribution in [0.5, 0.6) is 5.75 Å². The number of sulfonamides is 1. The van der Waals surface area contributed by atoms with E-state index in [0.29, 0.717) is 17.4 Å². The fourth-order valence-electron chi connectivity index (χ4n) is 1.65. The highest BCUT2D eigenvalue weighted by Gasteiger charge is 2.35. The molecule has 18 heavy (non-hydrogen) atoms. The zero-order chi connectivity index (χ0) is 13.2. The predicted octanol–water partition coefficient (Wildman–Crippen LogP) is 0.975. The average molecular weight is 270 g/mol. The molecule has 100 valence electrons. The summed E-state index contributed by atoms with van der Waals surface area (Å²) < 4.78 is 31.3. The van der Waals surface area contributed by atoms with Crippen LogP contribution in [0.1, 0.15) is 13.3 Å². The molecule has 2 atom stereocenters. The van der Waals surface area contributed by atoms with Crippen LogP contribution in [-0.2, 0) is 10.0 Å². The third-order valence-electron chi connectivity index (χ3n) is 2.92. The lowest BCUT2D eigenvalue weighted by atomic mass is 10.3. The van der Waals surface area contributed by atoms with E-state index >= 15 is 0 Å². The van der Waals surface area contributed by atoms with Gasteiger partial charge in [-0.05, 0) is 24.5 Å². The first kappa shape index (κ1) is 13.2. The molecule has 1 aliphatic rings. The highest BCUT2D eigenvalue weighted by molar-refractivity contribution is 7.89. The molecule has 6 heteroatoms. The van der Waals surface area contributed by atoms with Crippen molar-refractivity contribution < 1.29 is 13.2 Å². The number of hydrogen-bond acceptors (Lipinski definition) is 4. The summed E-state index contributed by atoms with van der Waals surface area (Å²) in [4.78, 5) is 0. The van der Waals surface area contributed by atoms with Crippen LogP contribution in [0.3, 0.4) is 0 Å². The molecule has 1 aliphatic carbocycles. The Morgan fingerprint density at radius 2 is 2.22 bits per heavy atom. The van der Waals surface area contributed by atoms with Gasteiger partial charge in [-0.25, -0.2) is 13.1 Å². The van der Waals surface area contributed by atoms with Gasteiger partial charge in [0.25, 0.3) is 0 Å². The van der Waals surface area contributed by atoms with E-state index in [-0.39, 0.29) is 18.4 Å². The van der Waals surface area contributed by atoms with E-state index in [4.69, 9.17) is 10.5 Å². The van der Waals surface area contributed by atoms with Gasteiger partial charge in [-0.15, -0.1) is 0 Å². The largest absolute Gasteiger partial charge is 0.492 e. The molecule has 0 aromatic heterocycles. The maximum absolute atomic E-state index is 11.7. The Morgan fingerprint density at radius 3 is 2.83 bits per heavy atom. The minimum Gasteiger partial charge on any atom is -0.492 e. The number of benzene rings is 1. The molecule has 2 rings (SSSR count). The molecule has 1 saturated carbocycles. The number of ether oxygens (including phenoxy) is 1. The van der Waals surface area contributed by atoms with Crippen LogP contribution in [0.25, 0.3) is 0 Å². The van der Waals surface area contributed by atoms with E-state index < -0.39 is 10.0 Å². The highest BCUT2D eigenvalue weighted by atomic mass is 32.2. The first-order valence-electron chi connectivity index (χ1n) is 5.94. The van der Waals surface area contributed by atoms with Crippen molar-refractivity contribution in [3.63, 3.8) is 0 Å². The van der Waals surface area contributed by atoms with Gasteiger partial charge in [0.15, 0.2) is 0 Å². The molecular formula is C12H18N2O3S. The maximum atomic E-state index is 11.7. The number of hydrogen-bond donors (Lipinski definition) is 2. The Kier molecular flexibility index (Phi) is 3.77. The van der Waals surface area contributed by atoms with E-state index in [1.165, 1.54) is 0 Å². The molecule has 1 fully saturated rings. The second kappa shape index (κ2) is 5.16. The third-order valence-corrected chi connectivity index (χ3v) is 4.29. The van der Waals surface area contributed by atoms with Crippen molar-refractivity contribution in [2.24, 2.45) is 5.92 Å². The summed E-state index contributed by atoms with van der Waals surface area (Å²) in [7, 11) is -3.24. The molecule has 1 aromatic rings. The van der Waals surface area contributed by atoms with Crippen LogP contribution in [0, 0.1) is 5.92 Å². The lowest BCUT2D eigenvalue weighted by molar-refractivity contribution is 0.340. The van der Waals surface area contributed by atoms with Gasteiger partial charge < -0.3 is 10.5 Å². The van der Waals surface area contributed by atoms with Crippen LogP contribution in [-0.4, -0.2) is 26.8 Å². The van der Waals surface area contributed by atoms with Crippen molar-refractivity contribution in [3.8, 4) is 5.75 Å². The first-order chi connectivity index (χ1) is 8.46. The zero-order valence-corrected chi connectivity index (χ0v) is 11.1. The standard InChI is InChI=1S/C12H18N2O3S/c1-9-7-12(9)14-18(15,16)6-5-17-11-4-2-3-10(13)8-11/h2-4,8-9,12,14H,5-7,13H2,1H3. The number of nitrogens with two attached hydrogens (primary N) is 1. The van der Waals surface area contributed by atoms with E-state index in [1.807, 2.05) is 6.92 Å². The minimum atomic E-state index is -3.24. The summed E-state index contributed by atoms with van der Waals surface area (Å²) in [6.07, 6.45) is 0.926. The lowest BCUT2D eigenvalue weighted by Gasteiger charge is -2.08. The van der Waals surface area contributed by atoms with Crippen LogP contribution < -0.4 is 15.2 Å². The summed E-state index contributed by atoms with van der Waals surface area (Å²) in [5.41, 5.74) is 6.19. The molecule has 0 saturated heterocycles. The van der Waals surface area contributed by atoms with Gasteiger partial charge in [0.2, 0.25) is 10.0 Å². The van der Waals surface area contributed by atoms with Gasteiger partial charge >= 0.3 is 0 Å². The second-order valence-corrected chi connectivity index (χ2v) is 6.55. The van der Waals surface area contributed by atoms with Crippen molar-refractivity contribution in [2.45, 2.75) is 19.4 Å². The molecule has 0 aliphatic heterocycles. The summed E-state index contributed by atoms with van der Waals surface area (Å²) in [5.74, 6) is 1.00. The van der Waals surface area contributed by atoms with Crippen LogP contribution in [0.15, 0.2) is 24.3 Å². The molecule has 0 radical (unpaired) electrons. The molecule has 0 heterocycles. The second-order valence-electron chi connectivity index (χ2n) is 4.68. The third kappa shape index (κ3) is 3.89. The van der Waals surface area contributed by atoms with Crippen molar-refractivity contribution in [2.75, 3.05) is 18.1 Å². The zero-order valence-electron chi connectivity index (χ0n) is 10.3. The molecule has 0 bridgehead atoms. The summed E-state index contributed by atoms with van der Waals surface area (Å²) in [6.45, 7) is 2.15. The summed E-state index contributed by atoms with van der Waals surface area (Å²) in [5, 5.41) is 0. The van der Waals surface area contributed by atoms with E-state index in [1.54, 1.807) is 24.3 Å². The smallest absolute Gasteiger partial charge is 0.215 e. The van der Waals surface area contributed by atoms with Crippen molar-refractivity contribution >= 4 is 15.7 Å².